The zero-order valence-electron chi connectivity index (χ0n) is 16.1. The number of hydrogen-bond donors (Lipinski definition) is 3. The van der Waals surface area contributed by atoms with Crippen LogP contribution >= 0.6 is 11.3 Å². The molecule has 0 unspecified atom stereocenters. The van der Waals surface area contributed by atoms with E-state index in [0.717, 1.165) is 29.3 Å². The van der Waals surface area contributed by atoms with Gasteiger partial charge in [0.2, 0.25) is 0 Å². The lowest BCUT2D eigenvalue weighted by molar-refractivity contribution is 0.100. The van der Waals surface area contributed by atoms with E-state index in [0.29, 0.717) is 25.1 Å². The zero-order valence-corrected chi connectivity index (χ0v) is 17.0. The Morgan fingerprint density at radius 3 is 2.83 bits per heavy atom. The van der Waals surface area contributed by atoms with E-state index in [9.17, 15) is 0 Å². The molecule has 2 aromatic carbocycles. The zero-order chi connectivity index (χ0) is 19.9. The second-order valence-corrected chi connectivity index (χ2v) is 8.03. The lowest BCUT2D eigenvalue weighted by Gasteiger charge is -2.15. The maximum Gasteiger partial charge on any atom is 0.140 e. The molecule has 2 atom stereocenters. The minimum Gasteiger partial charge on any atom is -0.489 e. The van der Waals surface area contributed by atoms with Gasteiger partial charge in [-0.2, -0.15) is 0 Å². The summed E-state index contributed by atoms with van der Waals surface area (Å²) in [5, 5.41) is 16.8. The highest BCUT2D eigenvalue weighted by atomic mass is 32.1. The first kappa shape index (κ1) is 19.6. The predicted molar refractivity (Wildman–Crippen MR) is 118 cm³/mol. The lowest BCUT2D eigenvalue weighted by atomic mass is 10.2. The van der Waals surface area contributed by atoms with E-state index in [2.05, 4.69) is 22.8 Å². The molecule has 5 nitrogen and oxygen atoms in total. The number of ether oxygens (including phenoxy) is 2. The fraction of sp³-hybridized carbons (Fsp3) is 0.261. The molecule has 0 aliphatic carbocycles. The molecule has 0 saturated carbocycles. The molecule has 3 N–H and O–H groups in total. The van der Waals surface area contributed by atoms with E-state index >= 15 is 0 Å². The first-order valence-electron chi connectivity index (χ1n) is 9.77. The fourth-order valence-corrected chi connectivity index (χ4v) is 3.99. The molecule has 29 heavy (non-hydrogen) atoms. The van der Waals surface area contributed by atoms with Gasteiger partial charge in [-0.05, 0) is 29.1 Å². The molecule has 0 bridgehead atoms. The van der Waals surface area contributed by atoms with Gasteiger partial charge in [-0.15, -0.1) is 11.3 Å². The molecule has 1 fully saturated rings. The van der Waals surface area contributed by atoms with Crippen molar-refractivity contribution in [3.8, 4) is 5.75 Å². The monoisotopic (exact) mass is 407 g/mol. The van der Waals surface area contributed by atoms with Crippen LogP contribution in [-0.4, -0.2) is 31.1 Å². The van der Waals surface area contributed by atoms with E-state index < -0.39 is 0 Å². The van der Waals surface area contributed by atoms with E-state index in [1.165, 1.54) is 5.56 Å². The third-order valence-corrected chi connectivity index (χ3v) is 5.67. The Morgan fingerprint density at radius 1 is 1.10 bits per heavy atom. The first-order chi connectivity index (χ1) is 14.3. The van der Waals surface area contributed by atoms with Crippen LogP contribution in [0.2, 0.25) is 0 Å². The summed E-state index contributed by atoms with van der Waals surface area (Å²) in [6, 6.07) is 22.2. The van der Waals surface area contributed by atoms with Crippen molar-refractivity contribution < 1.29 is 9.47 Å². The number of hydrogen-bond acceptors (Lipinski definition) is 5. The highest BCUT2D eigenvalue weighted by Crippen LogP contribution is 2.22. The van der Waals surface area contributed by atoms with Crippen molar-refractivity contribution in [1.82, 2.24) is 5.32 Å². The van der Waals surface area contributed by atoms with Crippen LogP contribution in [0.25, 0.3) is 0 Å². The Balaban J connectivity index is 1.24. The number of rotatable bonds is 8. The molecule has 1 saturated heterocycles. The Hall–Kier alpha value is -2.67. The van der Waals surface area contributed by atoms with Crippen LogP contribution in [0.15, 0.2) is 72.1 Å². The lowest BCUT2D eigenvalue weighted by Crippen LogP contribution is -2.26. The smallest absolute Gasteiger partial charge is 0.140 e. The van der Waals surface area contributed by atoms with Gasteiger partial charge >= 0.3 is 0 Å². The van der Waals surface area contributed by atoms with Gasteiger partial charge in [-0.1, -0.05) is 42.5 Å². The Kier molecular flexibility index (Phi) is 6.56. The topological polar surface area (TPSA) is 66.4 Å². The molecule has 6 heteroatoms. The summed E-state index contributed by atoms with van der Waals surface area (Å²) in [4.78, 5) is 0.912. The molecular formula is C23H25N3O2S. The minimum atomic E-state index is 0.118. The summed E-state index contributed by atoms with van der Waals surface area (Å²) in [6.07, 6.45) is 1.03. The second-order valence-electron chi connectivity index (χ2n) is 7.09. The van der Waals surface area contributed by atoms with Crippen molar-refractivity contribution in [2.45, 2.75) is 25.2 Å². The van der Waals surface area contributed by atoms with Crippen LogP contribution in [0, 0.1) is 5.41 Å². The first-order valence-corrected chi connectivity index (χ1v) is 10.7. The number of amidine groups is 1. The summed E-state index contributed by atoms with van der Waals surface area (Å²) in [7, 11) is 0. The quantitative estimate of drug-likeness (QED) is 0.380. The predicted octanol–water partition coefficient (Wildman–Crippen LogP) is 4.51. The molecule has 1 aromatic heterocycles. The summed E-state index contributed by atoms with van der Waals surface area (Å²) < 4.78 is 12.0. The van der Waals surface area contributed by atoms with Gasteiger partial charge in [-0.3, -0.25) is 5.41 Å². The Morgan fingerprint density at radius 2 is 2.00 bits per heavy atom. The fourth-order valence-electron chi connectivity index (χ4n) is 3.36. The van der Waals surface area contributed by atoms with Crippen LogP contribution in [0.1, 0.15) is 16.9 Å². The second kappa shape index (κ2) is 9.69. The molecule has 150 valence electrons. The maximum atomic E-state index is 8.17. The molecule has 0 amide bonds. The molecule has 4 rings (SSSR count). The number of anilines is 1. The molecule has 0 radical (unpaired) electrons. The molecular weight excluding hydrogens is 382 g/mol. The van der Waals surface area contributed by atoms with Crippen molar-refractivity contribution in [2.24, 2.45) is 0 Å². The van der Waals surface area contributed by atoms with Crippen LogP contribution in [0.5, 0.6) is 5.75 Å². The van der Waals surface area contributed by atoms with Crippen molar-refractivity contribution in [1.29, 1.82) is 5.41 Å². The largest absolute Gasteiger partial charge is 0.489 e. The van der Waals surface area contributed by atoms with Crippen LogP contribution in [0.4, 0.5) is 5.69 Å². The average Bonchev–Trinajstić information content (AvgIpc) is 3.42. The van der Waals surface area contributed by atoms with Gasteiger partial charge < -0.3 is 20.1 Å². The van der Waals surface area contributed by atoms with E-state index in [1.807, 2.05) is 60.0 Å². The number of thiophene rings is 1. The van der Waals surface area contributed by atoms with E-state index in [1.54, 1.807) is 11.3 Å². The highest BCUT2D eigenvalue weighted by Gasteiger charge is 2.25. The molecule has 1 aliphatic rings. The van der Waals surface area contributed by atoms with E-state index in [4.69, 9.17) is 14.9 Å². The SMILES string of the molecule is N=C(Nc1cccc(O[C@@H]2CN[C@H](COCc3ccccc3)C2)c1)c1cccs1. The van der Waals surface area contributed by atoms with Gasteiger partial charge in [-0.25, -0.2) is 0 Å². The maximum absolute atomic E-state index is 8.17. The van der Waals surface area contributed by atoms with Gasteiger partial charge in [0.05, 0.1) is 18.1 Å². The molecule has 2 heterocycles. The van der Waals surface area contributed by atoms with Crippen molar-refractivity contribution in [3.05, 3.63) is 82.6 Å². The molecule has 3 aromatic rings. The Labute approximate surface area is 175 Å². The van der Waals surface area contributed by atoms with Gasteiger partial charge in [0.25, 0.3) is 0 Å². The summed E-state index contributed by atoms with van der Waals surface area (Å²) in [5.41, 5.74) is 2.05. The summed E-state index contributed by atoms with van der Waals surface area (Å²) >= 11 is 1.55. The van der Waals surface area contributed by atoms with Crippen LogP contribution < -0.4 is 15.4 Å². The Bertz CT molecular complexity index is 915. The average molecular weight is 408 g/mol. The third kappa shape index (κ3) is 5.67. The number of nitrogens with one attached hydrogen (secondary N) is 3. The van der Waals surface area contributed by atoms with Gasteiger partial charge in [0.15, 0.2) is 0 Å². The third-order valence-electron chi connectivity index (χ3n) is 4.79. The van der Waals surface area contributed by atoms with Crippen LogP contribution in [-0.2, 0) is 11.3 Å². The standard InChI is InChI=1S/C23H25N3O2S/c24-23(22-10-5-11-29-22)26-18-8-4-9-20(12-18)28-21-13-19(25-14-21)16-27-15-17-6-2-1-3-7-17/h1-12,19,21,25H,13-16H2,(H2,24,26)/t19-,21-/m0/s1. The molecule has 1 aliphatic heterocycles. The van der Waals surface area contributed by atoms with Crippen molar-refractivity contribution in [3.63, 3.8) is 0 Å². The van der Waals surface area contributed by atoms with Crippen LogP contribution in [0.3, 0.4) is 0 Å². The normalized spacial score (nSPS) is 18.5. The summed E-state index contributed by atoms with van der Waals surface area (Å²) in [6.45, 7) is 2.12. The van der Waals surface area contributed by atoms with Crippen molar-refractivity contribution in [2.75, 3.05) is 18.5 Å². The van der Waals surface area contributed by atoms with Crippen molar-refractivity contribution >= 4 is 22.9 Å². The number of benzene rings is 2. The molecule has 0 spiro atoms. The van der Waals surface area contributed by atoms with Gasteiger partial charge in [0, 0.05) is 30.8 Å². The summed E-state index contributed by atoms with van der Waals surface area (Å²) in [5.74, 6) is 1.21. The minimum absolute atomic E-state index is 0.118. The highest BCUT2D eigenvalue weighted by molar-refractivity contribution is 7.12. The van der Waals surface area contributed by atoms with E-state index in [-0.39, 0.29) is 6.10 Å². The van der Waals surface area contributed by atoms with Gasteiger partial charge in [0.1, 0.15) is 17.7 Å².